The first-order valence-electron chi connectivity index (χ1n) is 5.63. The molecular weight excluding hydrogens is 289 g/mol. The van der Waals surface area contributed by atoms with E-state index in [0.29, 0.717) is 0 Å². The summed E-state index contributed by atoms with van der Waals surface area (Å²) in [7, 11) is 0. The molecule has 1 rings (SSSR count). The van der Waals surface area contributed by atoms with E-state index in [-0.39, 0.29) is 33.7 Å². The first-order chi connectivity index (χ1) is 8.70. The number of amides is 1. The van der Waals surface area contributed by atoms with Crippen LogP contribution >= 0.6 is 23.2 Å². The molecule has 0 atom stereocenters. The molecule has 19 heavy (non-hydrogen) atoms. The van der Waals surface area contributed by atoms with Crippen molar-refractivity contribution in [1.29, 1.82) is 0 Å². The van der Waals surface area contributed by atoms with E-state index < -0.39 is 5.97 Å². The van der Waals surface area contributed by atoms with E-state index in [2.05, 4.69) is 5.32 Å². The van der Waals surface area contributed by atoms with Crippen LogP contribution in [0.1, 0.15) is 31.1 Å². The highest BCUT2D eigenvalue weighted by Crippen LogP contribution is 2.25. The van der Waals surface area contributed by atoms with E-state index >= 15 is 0 Å². The molecule has 104 valence electrons. The summed E-state index contributed by atoms with van der Waals surface area (Å²) in [5, 5.41) is 3.05. The Kier molecular flexibility index (Phi) is 5.20. The molecule has 0 heterocycles. The fourth-order valence-electron chi connectivity index (χ4n) is 1.32. The van der Waals surface area contributed by atoms with Gasteiger partial charge in [-0.15, -0.1) is 0 Å². The van der Waals surface area contributed by atoms with Crippen LogP contribution in [0.15, 0.2) is 18.2 Å². The van der Waals surface area contributed by atoms with Crippen LogP contribution in [0.4, 0.5) is 0 Å². The number of esters is 1. The average Bonchev–Trinajstić information content (AvgIpc) is 2.27. The van der Waals surface area contributed by atoms with Crippen LogP contribution < -0.4 is 5.32 Å². The summed E-state index contributed by atoms with van der Waals surface area (Å²) in [5.74, 6) is -1.06. The highest BCUT2D eigenvalue weighted by Gasteiger charge is 2.18. The number of benzene rings is 1. The molecule has 0 saturated carbocycles. The van der Waals surface area contributed by atoms with Crippen molar-refractivity contribution < 1.29 is 14.3 Å². The SMILES string of the molecule is CC(C)(C)NC(=O)COC(=O)c1cccc(Cl)c1Cl. The van der Waals surface area contributed by atoms with Gasteiger partial charge in [-0.1, -0.05) is 29.3 Å². The standard InChI is InChI=1S/C13H15Cl2NO3/c1-13(2,3)16-10(17)7-19-12(18)8-5-4-6-9(14)11(8)15/h4-6H,7H2,1-3H3,(H,16,17). The van der Waals surface area contributed by atoms with Crippen LogP contribution in [0, 0.1) is 0 Å². The molecule has 0 spiro atoms. The number of halogens is 2. The molecule has 0 aliphatic carbocycles. The van der Waals surface area contributed by atoms with Crippen LogP contribution in [-0.2, 0) is 9.53 Å². The third-order valence-electron chi connectivity index (χ3n) is 2.02. The lowest BCUT2D eigenvalue weighted by molar-refractivity contribution is -0.125. The Bertz CT molecular complexity index is 495. The number of hydrogen-bond donors (Lipinski definition) is 1. The lowest BCUT2D eigenvalue weighted by Gasteiger charge is -2.20. The third kappa shape index (κ3) is 5.09. The molecular formula is C13H15Cl2NO3. The van der Waals surface area contributed by atoms with E-state index in [0.717, 1.165) is 0 Å². The van der Waals surface area contributed by atoms with Gasteiger partial charge in [0.25, 0.3) is 5.91 Å². The highest BCUT2D eigenvalue weighted by atomic mass is 35.5. The van der Waals surface area contributed by atoms with Gasteiger partial charge in [0.15, 0.2) is 6.61 Å². The van der Waals surface area contributed by atoms with E-state index in [1.807, 2.05) is 20.8 Å². The molecule has 0 radical (unpaired) electrons. The molecule has 0 aromatic heterocycles. The predicted molar refractivity (Wildman–Crippen MR) is 74.6 cm³/mol. The first kappa shape index (κ1) is 15.8. The average molecular weight is 304 g/mol. The fourth-order valence-corrected chi connectivity index (χ4v) is 1.70. The Labute approximate surface area is 122 Å². The number of rotatable bonds is 3. The van der Waals surface area contributed by atoms with Crippen molar-refractivity contribution in [2.75, 3.05) is 6.61 Å². The van der Waals surface area contributed by atoms with Crippen LogP contribution in [0.3, 0.4) is 0 Å². The largest absolute Gasteiger partial charge is 0.452 e. The Morgan fingerprint density at radius 1 is 1.26 bits per heavy atom. The predicted octanol–water partition coefficient (Wildman–Crippen LogP) is 3.06. The van der Waals surface area contributed by atoms with Crippen LogP contribution in [-0.4, -0.2) is 24.0 Å². The molecule has 4 nitrogen and oxygen atoms in total. The van der Waals surface area contributed by atoms with Gasteiger partial charge in [0, 0.05) is 5.54 Å². The highest BCUT2D eigenvalue weighted by molar-refractivity contribution is 6.43. The molecule has 0 saturated heterocycles. The molecule has 0 fully saturated rings. The van der Waals surface area contributed by atoms with Crippen molar-refractivity contribution in [2.24, 2.45) is 0 Å². The Morgan fingerprint density at radius 3 is 2.47 bits per heavy atom. The van der Waals surface area contributed by atoms with Crippen molar-refractivity contribution >= 4 is 35.1 Å². The summed E-state index contributed by atoms with van der Waals surface area (Å²) in [6.45, 7) is 5.14. The Morgan fingerprint density at radius 2 is 1.89 bits per heavy atom. The van der Waals surface area contributed by atoms with Crippen LogP contribution in [0.25, 0.3) is 0 Å². The number of nitrogens with one attached hydrogen (secondary N) is 1. The summed E-state index contributed by atoms with van der Waals surface area (Å²) < 4.78 is 4.88. The topological polar surface area (TPSA) is 55.4 Å². The van der Waals surface area contributed by atoms with E-state index in [4.69, 9.17) is 27.9 Å². The minimum absolute atomic E-state index is 0.116. The normalized spacial score (nSPS) is 11.0. The molecule has 1 aromatic rings. The van der Waals surface area contributed by atoms with E-state index in [1.165, 1.54) is 6.07 Å². The first-order valence-corrected chi connectivity index (χ1v) is 6.38. The van der Waals surface area contributed by atoms with Gasteiger partial charge in [-0.25, -0.2) is 4.79 Å². The van der Waals surface area contributed by atoms with E-state index in [9.17, 15) is 9.59 Å². The van der Waals surface area contributed by atoms with Crippen LogP contribution in [0.2, 0.25) is 10.0 Å². The third-order valence-corrected chi connectivity index (χ3v) is 2.84. The Hall–Kier alpha value is -1.26. The lowest BCUT2D eigenvalue weighted by atomic mass is 10.1. The molecule has 0 aliphatic rings. The van der Waals surface area contributed by atoms with Gasteiger partial charge in [-0.05, 0) is 32.9 Å². The number of carbonyl (C=O) groups is 2. The summed E-state index contributed by atoms with van der Waals surface area (Å²) in [5.41, 5.74) is -0.241. The van der Waals surface area contributed by atoms with Crippen molar-refractivity contribution in [3.63, 3.8) is 0 Å². The van der Waals surface area contributed by atoms with Crippen molar-refractivity contribution in [3.8, 4) is 0 Å². The molecule has 0 bridgehead atoms. The van der Waals surface area contributed by atoms with Gasteiger partial charge in [-0.2, -0.15) is 0 Å². The molecule has 0 aliphatic heterocycles. The lowest BCUT2D eigenvalue weighted by Crippen LogP contribution is -2.42. The maximum Gasteiger partial charge on any atom is 0.340 e. The molecule has 0 unspecified atom stereocenters. The molecule has 6 heteroatoms. The van der Waals surface area contributed by atoms with Gasteiger partial charge in [0.05, 0.1) is 15.6 Å². The quantitative estimate of drug-likeness (QED) is 0.873. The smallest absolute Gasteiger partial charge is 0.340 e. The fraction of sp³-hybridized carbons (Fsp3) is 0.385. The van der Waals surface area contributed by atoms with Gasteiger partial charge in [-0.3, -0.25) is 4.79 Å². The maximum absolute atomic E-state index is 11.7. The zero-order chi connectivity index (χ0) is 14.6. The molecule has 1 aromatic carbocycles. The minimum atomic E-state index is -0.684. The number of hydrogen-bond acceptors (Lipinski definition) is 3. The zero-order valence-corrected chi connectivity index (χ0v) is 12.4. The molecule has 1 N–H and O–H groups in total. The number of ether oxygens (including phenoxy) is 1. The number of carbonyl (C=O) groups excluding carboxylic acids is 2. The second-order valence-corrected chi connectivity index (χ2v) is 5.76. The van der Waals surface area contributed by atoms with Crippen molar-refractivity contribution in [1.82, 2.24) is 5.32 Å². The second-order valence-electron chi connectivity index (χ2n) is 4.98. The Balaban J connectivity index is 2.61. The molecule has 1 amide bonds. The van der Waals surface area contributed by atoms with Gasteiger partial charge in [0.2, 0.25) is 0 Å². The summed E-state index contributed by atoms with van der Waals surface area (Å²) in [6.07, 6.45) is 0. The van der Waals surface area contributed by atoms with Gasteiger partial charge < -0.3 is 10.1 Å². The van der Waals surface area contributed by atoms with Crippen LogP contribution in [0.5, 0.6) is 0 Å². The van der Waals surface area contributed by atoms with Crippen molar-refractivity contribution in [2.45, 2.75) is 26.3 Å². The van der Waals surface area contributed by atoms with Gasteiger partial charge in [0.1, 0.15) is 0 Å². The zero-order valence-electron chi connectivity index (χ0n) is 10.9. The van der Waals surface area contributed by atoms with E-state index in [1.54, 1.807) is 12.1 Å². The minimum Gasteiger partial charge on any atom is -0.452 e. The summed E-state index contributed by atoms with van der Waals surface area (Å²) in [4.78, 5) is 23.2. The van der Waals surface area contributed by atoms with Crippen molar-refractivity contribution in [3.05, 3.63) is 33.8 Å². The maximum atomic E-state index is 11.7. The summed E-state index contributed by atoms with van der Waals surface area (Å²) in [6, 6.07) is 4.63. The second kappa shape index (κ2) is 6.26. The summed E-state index contributed by atoms with van der Waals surface area (Å²) >= 11 is 11.7. The monoisotopic (exact) mass is 303 g/mol. The van der Waals surface area contributed by atoms with Gasteiger partial charge >= 0.3 is 5.97 Å².